The number of hydrogen-bond acceptors (Lipinski definition) is 5. The number of anilines is 1. The molecule has 1 saturated heterocycles. The summed E-state index contributed by atoms with van der Waals surface area (Å²) in [5, 5.41) is 10.5. The van der Waals surface area contributed by atoms with Gasteiger partial charge < -0.3 is 15.0 Å². The van der Waals surface area contributed by atoms with Crippen molar-refractivity contribution in [2.75, 3.05) is 19.0 Å². The highest BCUT2D eigenvalue weighted by atomic mass is 32.1. The first-order valence-corrected chi connectivity index (χ1v) is 8.76. The molecule has 0 unspecified atom stereocenters. The van der Waals surface area contributed by atoms with E-state index in [2.05, 4.69) is 10.4 Å². The van der Waals surface area contributed by atoms with Crippen LogP contribution in [0, 0.1) is 0 Å². The summed E-state index contributed by atoms with van der Waals surface area (Å²) in [4.78, 5) is 26.4. The first kappa shape index (κ1) is 16.5. The van der Waals surface area contributed by atoms with Crippen LogP contribution in [-0.2, 0) is 11.8 Å². The summed E-state index contributed by atoms with van der Waals surface area (Å²) in [6.07, 6.45) is 4.69. The molecule has 1 aliphatic heterocycles. The third-order valence-electron chi connectivity index (χ3n) is 4.27. The number of esters is 1. The van der Waals surface area contributed by atoms with E-state index in [1.54, 1.807) is 21.6 Å². The number of nitrogens with one attached hydrogen (secondary N) is 1. The van der Waals surface area contributed by atoms with Gasteiger partial charge in [0.25, 0.3) is 0 Å². The number of piperidine rings is 1. The van der Waals surface area contributed by atoms with Gasteiger partial charge in [0.1, 0.15) is 0 Å². The van der Waals surface area contributed by atoms with Crippen LogP contribution in [0.2, 0.25) is 0 Å². The minimum atomic E-state index is -0.451. The maximum absolute atomic E-state index is 12.8. The van der Waals surface area contributed by atoms with E-state index in [0.717, 1.165) is 25.0 Å². The lowest BCUT2D eigenvalue weighted by Crippen LogP contribution is -2.42. The Kier molecular flexibility index (Phi) is 4.84. The second kappa shape index (κ2) is 7.04. The third kappa shape index (κ3) is 3.14. The average Bonchev–Trinajstić information content (AvgIpc) is 3.23. The van der Waals surface area contributed by atoms with Crippen LogP contribution < -0.4 is 5.32 Å². The Labute approximate surface area is 144 Å². The van der Waals surface area contributed by atoms with Crippen molar-refractivity contribution in [3.05, 3.63) is 34.3 Å². The molecule has 1 N–H and O–H groups in total. The molecule has 1 atom stereocenters. The summed E-state index contributed by atoms with van der Waals surface area (Å²) < 4.78 is 6.56. The van der Waals surface area contributed by atoms with Crippen LogP contribution >= 0.6 is 11.3 Å². The zero-order chi connectivity index (χ0) is 17.1. The number of ether oxygens (including phenoxy) is 1. The van der Waals surface area contributed by atoms with Gasteiger partial charge in [-0.15, -0.1) is 11.3 Å². The Morgan fingerprint density at radius 3 is 2.92 bits per heavy atom. The van der Waals surface area contributed by atoms with E-state index < -0.39 is 5.97 Å². The van der Waals surface area contributed by atoms with Crippen molar-refractivity contribution in [3.63, 3.8) is 0 Å². The first-order valence-electron chi connectivity index (χ1n) is 7.82. The minimum Gasteiger partial charge on any atom is -0.465 e. The molecule has 0 radical (unpaired) electrons. The highest BCUT2D eigenvalue weighted by Gasteiger charge is 2.30. The highest BCUT2D eigenvalue weighted by molar-refractivity contribution is 7.08. The summed E-state index contributed by atoms with van der Waals surface area (Å²) in [5.74, 6) is -0.451. The van der Waals surface area contributed by atoms with Gasteiger partial charge in [0, 0.05) is 30.5 Å². The average molecular weight is 348 g/mol. The summed E-state index contributed by atoms with van der Waals surface area (Å²) in [5.41, 5.74) is 1.89. The van der Waals surface area contributed by atoms with Crippen molar-refractivity contribution < 1.29 is 14.3 Å². The molecule has 3 heterocycles. The number of hydrogen-bond donors (Lipinski definition) is 1. The lowest BCUT2D eigenvalue weighted by molar-refractivity contribution is 0.0602. The van der Waals surface area contributed by atoms with Gasteiger partial charge in [-0.1, -0.05) is 0 Å². The topological polar surface area (TPSA) is 76.5 Å². The van der Waals surface area contributed by atoms with Gasteiger partial charge in [0.2, 0.25) is 0 Å². The van der Waals surface area contributed by atoms with Crippen molar-refractivity contribution >= 4 is 29.0 Å². The van der Waals surface area contributed by atoms with Crippen molar-refractivity contribution in [1.29, 1.82) is 0 Å². The van der Waals surface area contributed by atoms with Gasteiger partial charge >= 0.3 is 12.0 Å². The Balaban J connectivity index is 1.79. The van der Waals surface area contributed by atoms with Gasteiger partial charge in [-0.3, -0.25) is 4.68 Å². The first-order chi connectivity index (χ1) is 11.6. The summed E-state index contributed by atoms with van der Waals surface area (Å²) in [7, 11) is 3.21. The minimum absolute atomic E-state index is 0.00791. The highest BCUT2D eigenvalue weighted by Crippen LogP contribution is 2.31. The van der Waals surface area contributed by atoms with Crippen LogP contribution in [0.5, 0.6) is 0 Å². The number of carbonyl (C=O) groups excluding carboxylic acids is 2. The lowest BCUT2D eigenvalue weighted by Gasteiger charge is -2.35. The maximum atomic E-state index is 12.8. The lowest BCUT2D eigenvalue weighted by atomic mass is 9.99. The zero-order valence-corrected chi connectivity index (χ0v) is 14.5. The number of aromatic nitrogens is 2. The number of likely N-dealkylation sites (tertiary alicyclic amines) is 1. The number of methoxy groups -OCH3 is 1. The zero-order valence-electron chi connectivity index (χ0n) is 13.7. The van der Waals surface area contributed by atoms with E-state index in [0.29, 0.717) is 17.8 Å². The molecule has 128 valence electrons. The van der Waals surface area contributed by atoms with Crippen molar-refractivity contribution in [1.82, 2.24) is 14.7 Å². The Hall–Kier alpha value is -2.35. The number of thiophene rings is 1. The number of aryl methyl sites for hydroxylation is 1. The largest absolute Gasteiger partial charge is 0.465 e. The molecule has 24 heavy (non-hydrogen) atoms. The van der Waals surface area contributed by atoms with E-state index in [1.165, 1.54) is 18.4 Å². The van der Waals surface area contributed by atoms with Crippen LogP contribution in [0.15, 0.2) is 23.0 Å². The molecule has 2 amide bonds. The molecule has 0 spiro atoms. The molecule has 1 fully saturated rings. The number of carbonyl (C=O) groups is 2. The van der Waals surface area contributed by atoms with Crippen LogP contribution in [0.3, 0.4) is 0 Å². The van der Waals surface area contributed by atoms with Crippen molar-refractivity contribution in [3.8, 4) is 0 Å². The molecule has 2 aromatic heterocycles. The quantitative estimate of drug-likeness (QED) is 0.865. The molecule has 3 rings (SSSR count). The van der Waals surface area contributed by atoms with Crippen LogP contribution in [0.25, 0.3) is 0 Å². The molecule has 2 aromatic rings. The van der Waals surface area contributed by atoms with E-state index in [4.69, 9.17) is 4.74 Å². The summed E-state index contributed by atoms with van der Waals surface area (Å²) in [6, 6.07) is 1.73. The number of nitrogens with zero attached hydrogens (tertiary/aromatic N) is 3. The molecule has 0 saturated carbocycles. The van der Waals surface area contributed by atoms with Gasteiger partial charge in [0.15, 0.2) is 0 Å². The molecule has 8 heteroatoms. The SMILES string of the molecule is COC(=O)c1cscc1NC(=O)N1CCCC[C@H]1c1ccnn1C. The predicted octanol–water partition coefficient (Wildman–Crippen LogP) is 3.03. The molecule has 0 aromatic carbocycles. The van der Waals surface area contributed by atoms with E-state index in [9.17, 15) is 9.59 Å². The second-order valence-electron chi connectivity index (χ2n) is 5.71. The Bertz CT molecular complexity index is 739. The van der Waals surface area contributed by atoms with Crippen LogP contribution in [0.4, 0.5) is 10.5 Å². The standard InChI is InChI=1S/C16H20N4O3S/c1-19-13(6-7-17-19)14-5-3-4-8-20(14)16(22)18-12-10-24-9-11(12)15(21)23-2/h6-7,9-10,14H,3-5,8H2,1-2H3,(H,18,22)/t14-/m0/s1. The van der Waals surface area contributed by atoms with E-state index in [-0.39, 0.29) is 12.1 Å². The Morgan fingerprint density at radius 1 is 1.38 bits per heavy atom. The molecule has 0 aliphatic carbocycles. The molecular weight excluding hydrogens is 328 g/mol. The fourth-order valence-corrected chi connectivity index (χ4v) is 3.79. The third-order valence-corrected chi connectivity index (χ3v) is 5.02. The van der Waals surface area contributed by atoms with Crippen molar-refractivity contribution in [2.24, 2.45) is 7.05 Å². The monoisotopic (exact) mass is 348 g/mol. The van der Waals surface area contributed by atoms with E-state index in [1.807, 2.05) is 18.0 Å². The fourth-order valence-electron chi connectivity index (χ4n) is 3.04. The molecule has 1 aliphatic rings. The molecule has 0 bridgehead atoms. The van der Waals surface area contributed by atoms with Gasteiger partial charge in [0.05, 0.1) is 30.1 Å². The van der Waals surface area contributed by atoms with Crippen molar-refractivity contribution in [2.45, 2.75) is 25.3 Å². The smallest absolute Gasteiger partial charge is 0.340 e. The van der Waals surface area contributed by atoms with Crippen LogP contribution in [0.1, 0.15) is 41.4 Å². The predicted molar refractivity (Wildman–Crippen MR) is 91.2 cm³/mol. The molecular formula is C16H20N4O3S. The van der Waals surface area contributed by atoms with E-state index >= 15 is 0 Å². The number of urea groups is 1. The molecule has 7 nitrogen and oxygen atoms in total. The van der Waals surface area contributed by atoms with Gasteiger partial charge in [-0.2, -0.15) is 5.10 Å². The maximum Gasteiger partial charge on any atom is 0.340 e. The summed E-state index contributed by atoms with van der Waals surface area (Å²) in [6.45, 7) is 0.680. The normalized spacial score (nSPS) is 17.6. The Morgan fingerprint density at radius 2 is 2.21 bits per heavy atom. The summed E-state index contributed by atoms with van der Waals surface area (Å²) >= 11 is 1.35. The number of rotatable bonds is 3. The van der Waals surface area contributed by atoms with Gasteiger partial charge in [-0.05, 0) is 25.3 Å². The van der Waals surface area contributed by atoms with Crippen LogP contribution in [-0.4, -0.2) is 40.3 Å². The number of amides is 2. The fraction of sp³-hybridized carbons (Fsp3) is 0.438. The second-order valence-corrected chi connectivity index (χ2v) is 6.45. The van der Waals surface area contributed by atoms with Gasteiger partial charge in [-0.25, -0.2) is 9.59 Å².